The third kappa shape index (κ3) is 6.19. The number of carbonyl (C=O) groups is 2. The Labute approximate surface area is 223 Å². The summed E-state index contributed by atoms with van der Waals surface area (Å²) in [7, 11) is 3.00. The molecule has 0 saturated heterocycles. The van der Waals surface area contributed by atoms with Crippen LogP contribution in [0.4, 0.5) is 18.9 Å². The molecule has 2 aromatic carbocycles. The average Bonchev–Trinajstić information content (AvgIpc) is 3.25. The number of hydrogen-bond acceptors (Lipinski definition) is 5. The van der Waals surface area contributed by atoms with Gasteiger partial charge in [-0.05, 0) is 48.7 Å². The second-order valence-corrected chi connectivity index (χ2v) is 9.21. The maximum Gasteiger partial charge on any atom is 0.449 e. The summed E-state index contributed by atoms with van der Waals surface area (Å²) < 4.78 is 47.5. The van der Waals surface area contributed by atoms with Crippen molar-refractivity contribution < 1.29 is 27.5 Å². The zero-order valence-corrected chi connectivity index (χ0v) is 21.9. The second kappa shape index (κ2) is 11.1. The summed E-state index contributed by atoms with van der Waals surface area (Å²) in [5, 5.41) is 2.65. The van der Waals surface area contributed by atoms with E-state index in [-0.39, 0.29) is 17.5 Å². The number of halogens is 3. The van der Waals surface area contributed by atoms with Gasteiger partial charge in [-0.25, -0.2) is 9.97 Å². The molecule has 11 heteroatoms. The molecule has 2 heterocycles. The molecule has 0 aliphatic heterocycles. The van der Waals surface area contributed by atoms with Gasteiger partial charge in [0.2, 0.25) is 23.5 Å². The lowest BCUT2D eigenvalue weighted by Crippen LogP contribution is -2.49. The van der Waals surface area contributed by atoms with Crippen LogP contribution < -0.4 is 15.0 Å². The molecule has 0 aliphatic carbocycles. The first-order chi connectivity index (χ1) is 18.5. The Morgan fingerprint density at radius 2 is 1.77 bits per heavy atom. The summed E-state index contributed by atoms with van der Waals surface area (Å²) in [6.45, 7) is 2.89. The van der Waals surface area contributed by atoms with E-state index in [9.17, 15) is 22.8 Å². The molecule has 0 saturated carbocycles. The Bertz CT molecular complexity index is 1480. The van der Waals surface area contributed by atoms with Gasteiger partial charge in [-0.2, -0.15) is 13.2 Å². The van der Waals surface area contributed by atoms with Crippen LogP contribution in [0, 0.1) is 13.8 Å². The number of ether oxygens (including phenoxy) is 1. The monoisotopic (exact) mass is 539 g/mol. The highest BCUT2D eigenvalue weighted by Gasteiger charge is 2.38. The van der Waals surface area contributed by atoms with Crippen LogP contribution in [0.15, 0.2) is 60.8 Å². The zero-order valence-electron chi connectivity index (χ0n) is 21.9. The molecule has 8 nitrogen and oxygen atoms in total. The van der Waals surface area contributed by atoms with Crippen molar-refractivity contribution in [3.8, 4) is 5.88 Å². The first kappa shape index (κ1) is 27.6. The number of pyridine rings is 1. The fraction of sp³-hybridized carbons (Fsp3) is 0.286. The van der Waals surface area contributed by atoms with Crippen molar-refractivity contribution in [2.24, 2.45) is 0 Å². The van der Waals surface area contributed by atoms with E-state index < -0.39 is 36.4 Å². The maximum absolute atomic E-state index is 13.9. The Kier molecular flexibility index (Phi) is 7.89. The van der Waals surface area contributed by atoms with Gasteiger partial charge in [0.25, 0.3) is 0 Å². The Morgan fingerprint density at radius 3 is 2.38 bits per heavy atom. The molecule has 39 heavy (non-hydrogen) atoms. The number of methoxy groups -OCH3 is 1. The highest BCUT2D eigenvalue weighted by atomic mass is 19.4. The van der Waals surface area contributed by atoms with Crippen molar-refractivity contribution in [1.29, 1.82) is 0 Å². The minimum atomic E-state index is -4.78. The fourth-order valence-electron chi connectivity index (χ4n) is 4.24. The van der Waals surface area contributed by atoms with Gasteiger partial charge in [0.15, 0.2) is 0 Å². The van der Waals surface area contributed by atoms with Gasteiger partial charge < -0.3 is 19.5 Å². The number of benzene rings is 2. The molecule has 0 radical (unpaired) electrons. The van der Waals surface area contributed by atoms with Crippen LogP contribution in [0.5, 0.6) is 5.88 Å². The van der Waals surface area contributed by atoms with Gasteiger partial charge in [0, 0.05) is 19.5 Å². The van der Waals surface area contributed by atoms with Gasteiger partial charge in [-0.15, -0.1) is 0 Å². The van der Waals surface area contributed by atoms with E-state index in [4.69, 9.17) is 4.74 Å². The van der Waals surface area contributed by atoms with E-state index in [1.54, 1.807) is 62.4 Å². The molecule has 4 aromatic rings. The molecule has 0 bridgehead atoms. The van der Waals surface area contributed by atoms with Crippen LogP contribution in [0.25, 0.3) is 11.0 Å². The molecular weight excluding hydrogens is 511 g/mol. The van der Waals surface area contributed by atoms with Crippen molar-refractivity contribution in [2.45, 2.75) is 39.0 Å². The number of nitrogens with one attached hydrogen (secondary N) is 1. The Balaban J connectivity index is 1.64. The lowest BCUT2D eigenvalue weighted by atomic mass is 10.0. The summed E-state index contributed by atoms with van der Waals surface area (Å²) in [6.07, 6.45) is -3.19. The van der Waals surface area contributed by atoms with Crippen LogP contribution >= 0.6 is 0 Å². The molecule has 0 unspecified atom stereocenters. The van der Waals surface area contributed by atoms with Gasteiger partial charge in [-0.3, -0.25) is 9.59 Å². The van der Waals surface area contributed by atoms with E-state index in [1.807, 2.05) is 6.07 Å². The number of rotatable bonds is 8. The predicted octanol–water partition coefficient (Wildman–Crippen LogP) is 4.47. The first-order valence-electron chi connectivity index (χ1n) is 12.1. The number of anilines is 1. The highest BCUT2D eigenvalue weighted by molar-refractivity contribution is 5.99. The fourth-order valence-corrected chi connectivity index (χ4v) is 4.24. The first-order valence-corrected chi connectivity index (χ1v) is 12.1. The van der Waals surface area contributed by atoms with Crippen molar-refractivity contribution in [2.75, 3.05) is 19.1 Å². The van der Waals surface area contributed by atoms with Gasteiger partial charge in [-0.1, -0.05) is 30.3 Å². The minimum Gasteiger partial charge on any atom is -0.481 e. The third-order valence-corrected chi connectivity index (χ3v) is 6.48. The smallest absolute Gasteiger partial charge is 0.449 e. The molecular formula is C28H28F3N5O3. The number of hydrogen-bond donors (Lipinski definition) is 1. The Morgan fingerprint density at radius 1 is 1.08 bits per heavy atom. The van der Waals surface area contributed by atoms with E-state index in [1.165, 1.54) is 25.3 Å². The van der Waals surface area contributed by atoms with Crippen LogP contribution in [-0.2, 0) is 28.7 Å². The van der Waals surface area contributed by atoms with E-state index >= 15 is 0 Å². The molecule has 0 aliphatic rings. The normalized spacial score (nSPS) is 12.3. The highest BCUT2D eigenvalue weighted by Crippen LogP contribution is 2.32. The third-order valence-electron chi connectivity index (χ3n) is 6.48. The average molecular weight is 540 g/mol. The summed E-state index contributed by atoms with van der Waals surface area (Å²) in [5.41, 5.74) is 3.11. The molecule has 0 fully saturated rings. The largest absolute Gasteiger partial charge is 0.481 e. The molecule has 2 amide bonds. The molecule has 2 aromatic heterocycles. The predicted molar refractivity (Wildman–Crippen MR) is 140 cm³/mol. The molecule has 1 atom stereocenters. The number of likely N-dealkylation sites (N-methyl/N-ethyl adjacent to an activating group) is 1. The zero-order chi connectivity index (χ0) is 28.3. The summed E-state index contributed by atoms with van der Waals surface area (Å²) in [5.74, 6) is -2.03. The quantitative estimate of drug-likeness (QED) is 0.357. The van der Waals surface area contributed by atoms with Crippen molar-refractivity contribution in [3.63, 3.8) is 0 Å². The number of alkyl halides is 3. The minimum absolute atomic E-state index is 0.133. The van der Waals surface area contributed by atoms with Gasteiger partial charge >= 0.3 is 6.18 Å². The van der Waals surface area contributed by atoms with Gasteiger partial charge in [0.1, 0.15) is 12.6 Å². The summed E-state index contributed by atoms with van der Waals surface area (Å²) >= 11 is 0. The SMILES string of the molecule is COc1ccc(N(C)C(=O)[C@H](Cc2ccccc2)NC(=O)Cn2c(C(F)(F)F)nc3cc(C)c(C)cc32)cn1. The number of aromatic nitrogens is 3. The maximum atomic E-state index is 13.9. The standard InChI is InChI=1S/C28H28F3N5O3/c1-17-12-21-23(13-18(17)2)36(27(34-21)28(29,30)31)16-24(37)33-22(14-19-8-6-5-7-9-19)26(38)35(3)20-10-11-25(39-4)32-15-20/h5-13,15,22H,14,16H2,1-4H3,(H,33,37)/t22-/m0/s1. The lowest BCUT2D eigenvalue weighted by molar-refractivity contribution is -0.147. The second-order valence-electron chi connectivity index (χ2n) is 9.21. The van der Waals surface area contributed by atoms with E-state index in [0.717, 1.165) is 21.3 Å². The van der Waals surface area contributed by atoms with Crippen LogP contribution in [0.3, 0.4) is 0 Å². The van der Waals surface area contributed by atoms with E-state index in [2.05, 4.69) is 15.3 Å². The number of amides is 2. The molecule has 4 rings (SSSR count). The van der Waals surface area contributed by atoms with Crippen LogP contribution in [-0.4, -0.2) is 46.5 Å². The number of fused-ring (bicyclic) bond motifs is 1. The molecule has 1 N–H and O–H groups in total. The number of imidazole rings is 1. The van der Waals surface area contributed by atoms with Crippen molar-refractivity contribution in [3.05, 3.63) is 83.3 Å². The summed E-state index contributed by atoms with van der Waals surface area (Å²) in [6, 6.07) is 14.3. The van der Waals surface area contributed by atoms with Crippen LogP contribution in [0.2, 0.25) is 0 Å². The molecule has 204 valence electrons. The van der Waals surface area contributed by atoms with E-state index in [0.29, 0.717) is 11.6 Å². The van der Waals surface area contributed by atoms with Crippen molar-refractivity contribution >= 4 is 28.5 Å². The topological polar surface area (TPSA) is 89.4 Å². The lowest BCUT2D eigenvalue weighted by Gasteiger charge is -2.25. The van der Waals surface area contributed by atoms with Crippen LogP contribution in [0.1, 0.15) is 22.5 Å². The van der Waals surface area contributed by atoms with Gasteiger partial charge in [0.05, 0.1) is 30.0 Å². The molecule has 0 spiro atoms. The number of carbonyl (C=O) groups excluding carboxylic acids is 2. The number of nitrogens with zero attached hydrogens (tertiary/aromatic N) is 4. The van der Waals surface area contributed by atoms with Crippen molar-refractivity contribution in [1.82, 2.24) is 19.9 Å². The Hall–Kier alpha value is -4.41. The summed E-state index contributed by atoms with van der Waals surface area (Å²) in [4.78, 5) is 35.9. The number of aryl methyl sites for hydroxylation is 2.